The van der Waals surface area contributed by atoms with Gasteiger partial charge in [-0.2, -0.15) is 0 Å². The summed E-state index contributed by atoms with van der Waals surface area (Å²) < 4.78 is 0. The van der Waals surface area contributed by atoms with Gasteiger partial charge in [0.1, 0.15) is 6.04 Å². The summed E-state index contributed by atoms with van der Waals surface area (Å²) in [5.41, 5.74) is 4.08. The van der Waals surface area contributed by atoms with Gasteiger partial charge in [-0.25, -0.2) is 4.79 Å². The Labute approximate surface area is 115 Å². The Morgan fingerprint density at radius 3 is 2.16 bits per heavy atom. The number of hydrogen-bond donors (Lipinski definition) is 4. The minimum absolute atomic E-state index is 0.0810. The standard InChI is InChI=1S/C13H27N3O3/c1-8(2)6-13(5,19)7-15-11(17)10(9(3)4)16-12(14)18/h8-10,19H,6-7H2,1-5H3,(H,15,17)(H3,14,16,18). The van der Waals surface area contributed by atoms with Crippen LogP contribution in [0.25, 0.3) is 0 Å². The van der Waals surface area contributed by atoms with Crippen LogP contribution < -0.4 is 16.4 Å². The number of urea groups is 1. The van der Waals surface area contributed by atoms with Gasteiger partial charge in [-0.15, -0.1) is 0 Å². The smallest absolute Gasteiger partial charge is 0.312 e. The van der Waals surface area contributed by atoms with Gasteiger partial charge in [0.2, 0.25) is 5.91 Å². The highest BCUT2D eigenvalue weighted by Crippen LogP contribution is 2.15. The van der Waals surface area contributed by atoms with E-state index in [1.807, 2.05) is 27.7 Å². The number of aliphatic hydroxyl groups is 1. The third kappa shape index (κ3) is 7.66. The molecule has 0 fully saturated rings. The van der Waals surface area contributed by atoms with Crippen molar-refractivity contribution in [3.63, 3.8) is 0 Å². The first-order valence-electron chi connectivity index (χ1n) is 6.61. The first-order valence-corrected chi connectivity index (χ1v) is 6.61. The first kappa shape index (κ1) is 17.7. The van der Waals surface area contributed by atoms with E-state index in [1.54, 1.807) is 6.92 Å². The van der Waals surface area contributed by atoms with Gasteiger partial charge in [0.05, 0.1) is 5.60 Å². The topological polar surface area (TPSA) is 104 Å². The van der Waals surface area contributed by atoms with Crippen molar-refractivity contribution in [2.45, 2.75) is 52.7 Å². The van der Waals surface area contributed by atoms with E-state index in [0.717, 1.165) is 0 Å². The quantitative estimate of drug-likeness (QED) is 0.545. The van der Waals surface area contributed by atoms with E-state index in [1.165, 1.54) is 0 Å². The van der Waals surface area contributed by atoms with Crippen molar-refractivity contribution < 1.29 is 14.7 Å². The zero-order valence-electron chi connectivity index (χ0n) is 12.5. The number of nitrogens with two attached hydrogens (primary N) is 1. The van der Waals surface area contributed by atoms with Gasteiger partial charge in [-0.1, -0.05) is 27.7 Å². The summed E-state index contributed by atoms with van der Waals surface area (Å²) in [4.78, 5) is 22.8. The predicted molar refractivity (Wildman–Crippen MR) is 74.4 cm³/mol. The van der Waals surface area contributed by atoms with E-state index >= 15 is 0 Å². The number of carbonyl (C=O) groups is 2. The summed E-state index contributed by atoms with van der Waals surface area (Å²) in [6.07, 6.45) is 0.586. The Morgan fingerprint density at radius 2 is 1.79 bits per heavy atom. The van der Waals surface area contributed by atoms with E-state index in [4.69, 9.17) is 5.73 Å². The van der Waals surface area contributed by atoms with Gasteiger partial charge in [0, 0.05) is 6.54 Å². The number of primary amides is 1. The molecule has 0 saturated heterocycles. The Kier molecular flexibility index (Phi) is 6.83. The van der Waals surface area contributed by atoms with Crippen LogP contribution >= 0.6 is 0 Å². The Bertz CT molecular complexity index is 314. The normalized spacial score (nSPS) is 16.0. The van der Waals surface area contributed by atoms with E-state index in [9.17, 15) is 14.7 Å². The van der Waals surface area contributed by atoms with Crippen LogP contribution in [0.15, 0.2) is 0 Å². The van der Waals surface area contributed by atoms with Gasteiger partial charge >= 0.3 is 6.03 Å². The summed E-state index contributed by atoms with van der Waals surface area (Å²) in [7, 11) is 0. The highest BCUT2D eigenvalue weighted by molar-refractivity contribution is 5.86. The molecule has 0 aromatic heterocycles. The van der Waals surface area contributed by atoms with Gasteiger partial charge in [-0.05, 0) is 25.2 Å². The second-order valence-corrected chi connectivity index (χ2v) is 6.04. The lowest BCUT2D eigenvalue weighted by molar-refractivity contribution is -0.125. The fraction of sp³-hybridized carbons (Fsp3) is 0.846. The molecule has 0 aliphatic rings. The minimum atomic E-state index is -0.960. The van der Waals surface area contributed by atoms with Gasteiger partial charge < -0.3 is 21.5 Å². The second kappa shape index (κ2) is 7.33. The molecule has 19 heavy (non-hydrogen) atoms. The molecule has 0 aromatic rings. The van der Waals surface area contributed by atoms with Gasteiger partial charge in [-0.3, -0.25) is 4.79 Å². The minimum Gasteiger partial charge on any atom is -0.388 e. The first-order chi connectivity index (χ1) is 8.55. The predicted octanol–water partition coefficient (Wildman–Crippen LogP) is 0.593. The average molecular weight is 273 g/mol. The van der Waals surface area contributed by atoms with E-state index in [2.05, 4.69) is 10.6 Å². The number of carbonyl (C=O) groups excluding carboxylic acids is 2. The van der Waals surface area contributed by atoms with Crippen molar-refractivity contribution in [1.29, 1.82) is 0 Å². The van der Waals surface area contributed by atoms with Gasteiger partial charge in [0.25, 0.3) is 0 Å². The van der Waals surface area contributed by atoms with Crippen molar-refractivity contribution in [3.05, 3.63) is 0 Å². The molecule has 112 valence electrons. The molecule has 3 amide bonds. The summed E-state index contributed by atoms with van der Waals surface area (Å²) >= 11 is 0. The maximum atomic E-state index is 12.0. The third-order valence-electron chi connectivity index (χ3n) is 2.74. The largest absolute Gasteiger partial charge is 0.388 e. The highest BCUT2D eigenvalue weighted by atomic mass is 16.3. The molecule has 6 heteroatoms. The summed E-state index contributed by atoms with van der Waals surface area (Å²) in [6, 6.07) is -1.42. The number of hydrogen-bond acceptors (Lipinski definition) is 3. The fourth-order valence-corrected chi connectivity index (χ4v) is 2.03. The van der Waals surface area contributed by atoms with Crippen molar-refractivity contribution in [1.82, 2.24) is 10.6 Å². The molecular formula is C13H27N3O3. The second-order valence-electron chi connectivity index (χ2n) is 6.04. The fourth-order valence-electron chi connectivity index (χ4n) is 2.03. The molecule has 0 aromatic carbocycles. The molecule has 0 heterocycles. The van der Waals surface area contributed by atoms with Crippen LogP contribution in [0.4, 0.5) is 4.79 Å². The molecule has 6 nitrogen and oxygen atoms in total. The molecule has 0 saturated carbocycles. The Balaban J connectivity index is 4.45. The molecule has 0 spiro atoms. The molecule has 0 bridgehead atoms. The molecular weight excluding hydrogens is 246 g/mol. The van der Waals surface area contributed by atoms with Crippen molar-refractivity contribution in [2.24, 2.45) is 17.6 Å². The molecule has 2 atom stereocenters. The number of rotatable bonds is 7. The van der Waals surface area contributed by atoms with E-state index in [-0.39, 0.29) is 18.4 Å². The summed E-state index contributed by atoms with van der Waals surface area (Å²) in [5, 5.41) is 15.2. The van der Waals surface area contributed by atoms with Crippen LogP contribution in [-0.4, -0.2) is 35.2 Å². The maximum Gasteiger partial charge on any atom is 0.312 e. The zero-order valence-corrected chi connectivity index (χ0v) is 12.5. The summed E-state index contributed by atoms with van der Waals surface area (Å²) in [6.45, 7) is 9.45. The van der Waals surface area contributed by atoms with Crippen LogP contribution in [0.1, 0.15) is 41.0 Å². The highest BCUT2D eigenvalue weighted by Gasteiger charge is 2.27. The van der Waals surface area contributed by atoms with Crippen molar-refractivity contribution >= 4 is 11.9 Å². The number of amides is 3. The summed E-state index contributed by atoms with van der Waals surface area (Å²) in [5.74, 6) is -0.0862. The Hall–Kier alpha value is -1.30. The lowest BCUT2D eigenvalue weighted by Crippen LogP contribution is -2.53. The lowest BCUT2D eigenvalue weighted by Gasteiger charge is -2.27. The molecule has 0 radical (unpaired) electrons. The molecule has 2 unspecified atom stereocenters. The molecule has 0 aliphatic heterocycles. The van der Waals surface area contributed by atoms with Gasteiger partial charge in [0.15, 0.2) is 0 Å². The molecule has 5 N–H and O–H groups in total. The van der Waals surface area contributed by atoms with E-state index < -0.39 is 17.7 Å². The van der Waals surface area contributed by atoms with Crippen molar-refractivity contribution in [3.8, 4) is 0 Å². The maximum absolute atomic E-state index is 12.0. The molecule has 0 rings (SSSR count). The SMILES string of the molecule is CC(C)CC(C)(O)CNC(=O)C(NC(N)=O)C(C)C. The monoisotopic (exact) mass is 273 g/mol. The van der Waals surface area contributed by atoms with E-state index in [0.29, 0.717) is 12.3 Å². The lowest BCUT2D eigenvalue weighted by atomic mass is 9.94. The van der Waals surface area contributed by atoms with Crippen LogP contribution in [0.3, 0.4) is 0 Å². The van der Waals surface area contributed by atoms with Crippen LogP contribution in [0, 0.1) is 11.8 Å². The Morgan fingerprint density at radius 1 is 1.26 bits per heavy atom. The van der Waals surface area contributed by atoms with Crippen LogP contribution in [0.2, 0.25) is 0 Å². The van der Waals surface area contributed by atoms with Crippen LogP contribution in [-0.2, 0) is 4.79 Å². The molecule has 0 aliphatic carbocycles. The van der Waals surface area contributed by atoms with Crippen LogP contribution in [0.5, 0.6) is 0 Å². The zero-order chi connectivity index (χ0) is 15.2. The van der Waals surface area contributed by atoms with Crippen molar-refractivity contribution in [2.75, 3.05) is 6.54 Å². The third-order valence-corrected chi connectivity index (χ3v) is 2.74. The average Bonchev–Trinajstić information content (AvgIpc) is 2.20. The number of nitrogens with one attached hydrogen (secondary N) is 2.